The van der Waals surface area contributed by atoms with Gasteiger partial charge in [0.25, 0.3) is 0 Å². The van der Waals surface area contributed by atoms with Gasteiger partial charge in [0.1, 0.15) is 0 Å². The standard InChI is InChI=1S/C52H35N/c1-3-16-36(17-4-1)41-21-13-14-28-49(41)53(50-29-15-27-48-46-24-10-9-23-44(46)45-25-11-12-26-47(45)52(48)50)40-33-30-38(31-34-40)43-35-32-37-18-7-8-22-42(37)51(43)39-19-5-2-6-20-39/h1-35H. The Bertz CT molecular complexity index is 2880. The molecule has 0 heterocycles. The Morgan fingerprint density at radius 3 is 1.45 bits per heavy atom. The molecule has 0 amide bonds. The maximum absolute atomic E-state index is 2.47. The van der Waals surface area contributed by atoms with E-state index in [1.807, 2.05) is 0 Å². The van der Waals surface area contributed by atoms with Crippen LogP contribution in [0.4, 0.5) is 17.1 Å². The van der Waals surface area contributed by atoms with Crippen molar-refractivity contribution in [2.45, 2.75) is 0 Å². The summed E-state index contributed by atoms with van der Waals surface area (Å²) in [6.45, 7) is 0. The average Bonchev–Trinajstić information content (AvgIpc) is 3.24. The van der Waals surface area contributed by atoms with Gasteiger partial charge in [-0.05, 0) is 89.8 Å². The number of hydrogen-bond acceptors (Lipinski definition) is 1. The maximum Gasteiger partial charge on any atom is 0.0546 e. The molecular formula is C52H35N. The number of anilines is 3. The minimum Gasteiger partial charge on any atom is -0.309 e. The Balaban J connectivity index is 1.23. The molecule has 0 radical (unpaired) electrons. The van der Waals surface area contributed by atoms with Gasteiger partial charge in [-0.3, -0.25) is 0 Å². The van der Waals surface area contributed by atoms with Gasteiger partial charge in [0.15, 0.2) is 0 Å². The van der Waals surface area contributed by atoms with E-state index >= 15 is 0 Å². The van der Waals surface area contributed by atoms with E-state index in [0.29, 0.717) is 0 Å². The highest BCUT2D eigenvalue weighted by atomic mass is 15.1. The highest BCUT2D eigenvalue weighted by molar-refractivity contribution is 6.29. The number of rotatable bonds is 6. The van der Waals surface area contributed by atoms with Crippen LogP contribution in [0.1, 0.15) is 0 Å². The maximum atomic E-state index is 2.47. The Labute approximate surface area is 309 Å². The van der Waals surface area contributed by atoms with Crippen molar-refractivity contribution in [2.75, 3.05) is 4.90 Å². The van der Waals surface area contributed by atoms with Gasteiger partial charge in [0.05, 0.1) is 11.4 Å². The summed E-state index contributed by atoms with van der Waals surface area (Å²) in [5.74, 6) is 0. The molecule has 10 aromatic carbocycles. The van der Waals surface area contributed by atoms with Crippen LogP contribution in [0.3, 0.4) is 0 Å². The van der Waals surface area contributed by atoms with Gasteiger partial charge in [-0.1, -0.05) is 188 Å². The van der Waals surface area contributed by atoms with E-state index in [0.717, 1.165) is 17.1 Å². The van der Waals surface area contributed by atoms with E-state index in [9.17, 15) is 0 Å². The van der Waals surface area contributed by atoms with Crippen LogP contribution in [-0.2, 0) is 0 Å². The Morgan fingerprint density at radius 1 is 0.264 bits per heavy atom. The van der Waals surface area contributed by atoms with E-state index in [4.69, 9.17) is 0 Å². The number of hydrogen-bond donors (Lipinski definition) is 0. The van der Waals surface area contributed by atoms with E-state index < -0.39 is 0 Å². The van der Waals surface area contributed by atoms with Crippen LogP contribution in [0, 0.1) is 0 Å². The molecule has 10 rings (SSSR count). The van der Waals surface area contributed by atoms with E-state index in [1.54, 1.807) is 0 Å². The number of fused-ring (bicyclic) bond motifs is 7. The summed E-state index contributed by atoms with van der Waals surface area (Å²) in [4.78, 5) is 2.47. The third-order valence-corrected chi connectivity index (χ3v) is 10.6. The fourth-order valence-corrected chi connectivity index (χ4v) is 8.28. The first kappa shape index (κ1) is 30.8. The zero-order chi connectivity index (χ0) is 35.1. The van der Waals surface area contributed by atoms with Crippen molar-refractivity contribution in [3.05, 3.63) is 212 Å². The number of nitrogens with zero attached hydrogens (tertiary/aromatic N) is 1. The average molecular weight is 674 g/mol. The molecule has 53 heavy (non-hydrogen) atoms. The summed E-state index contributed by atoms with van der Waals surface area (Å²) in [7, 11) is 0. The molecule has 0 aliphatic carbocycles. The minimum absolute atomic E-state index is 1.10. The quantitative estimate of drug-likeness (QED) is 0.159. The second-order valence-corrected chi connectivity index (χ2v) is 13.6. The fraction of sp³-hybridized carbons (Fsp3) is 0. The zero-order valence-corrected chi connectivity index (χ0v) is 29.2. The Kier molecular flexibility index (Phi) is 7.55. The lowest BCUT2D eigenvalue weighted by molar-refractivity contribution is 1.30. The first-order chi connectivity index (χ1) is 26.3. The second kappa shape index (κ2) is 13.0. The van der Waals surface area contributed by atoms with Gasteiger partial charge < -0.3 is 4.90 Å². The molecule has 0 saturated carbocycles. The fourth-order valence-electron chi connectivity index (χ4n) is 8.28. The summed E-state index contributed by atoms with van der Waals surface area (Å²) < 4.78 is 0. The van der Waals surface area contributed by atoms with Crippen LogP contribution in [-0.4, -0.2) is 0 Å². The van der Waals surface area contributed by atoms with Crippen LogP contribution >= 0.6 is 0 Å². The number of benzene rings is 10. The predicted octanol–water partition coefficient (Wildman–Crippen LogP) is 14.8. The molecule has 0 bridgehead atoms. The van der Waals surface area contributed by atoms with Crippen molar-refractivity contribution < 1.29 is 0 Å². The van der Waals surface area contributed by atoms with E-state index in [1.165, 1.54) is 76.5 Å². The molecule has 1 heteroatoms. The molecular weight excluding hydrogens is 639 g/mol. The molecule has 0 aliphatic rings. The van der Waals surface area contributed by atoms with Gasteiger partial charge in [0, 0.05) is 16.6 Å². The van der Waals surface area contributed by atoms with Gasteiger partial charge in [-0.15, -0.1) is 0 Å². The number of para-hydroxylation sites is 1. The van der Waals surface area contributed by atoms with Crippen LogP contribution in [0.25, 0.3) is 76.5 Å². The van der Waals surface area contributed by atoms with Crippen molar-refractivity contribution in [3.8, 4) is 33.4 Å². The first-order valence-electron chi connectivity index (χ1n) is 18.3. The second-order valence-electron chi connectivity index (χ2n) is 13.6. The molecule has 248 valence electrons. The lowest BCUT2D eigenvalue weighted by Crippen LogP contribution is -2.12. The highest BCUT2D eigenvalue weighted by Gasteiger charge is 2.22. The Morgan fingerprint density at radius 2 is 0.755 bits per heavy atom. The monoisotopic (exact) mass is 673 g/mol. The molecule has 0 N–H and O–H groups in total. The van der Waals surface area contributed by atoms with Crippen LogP contribution in [0.2, 0.25) is 0 Å². The summed E-state index contributed by atoms with van der Waals surface area (Å²) in [6, 6.07) is 77.2. The highest BCUT2D eigenvalue weighted by Crippen LogP contribution is 2.47. The van der Waals surface area contributed by atoms with Crippen LogP contribution < -0.4 is 4.90 Å². The normalized spacial score (nSPS) is 11.4. The summed E-state index contributed by atoms with van der Waals surface area (Å²) in [5, 5.41) is 10.0. The third-order valence-electron chi connectivity index (χ3n) is 10.6. The molecule has 0 fully saturated rings. The first-order valence-corrected chi connectivity index (χ1v) is 18.3. The molecule has 0 unspecified atom stereocenters. The lowest BCUT2D eigenvalue weighted by atomic mass is 9.89. The summed E-state index contributed by atoms with van der Waals surface area (Å²) in [5.41, 5.74) is 10.6. The van der Waals surface area contributed by atoms with Gasteiger partial charge in [0.2, 0.25) is 0 Å². The molecule has 0 saturated heterocycles. The van der Waals surface area contributed by atoms with Crippen LogP contribution in [0.15, 0.2) is 212 Å². The third kappa shape index (κ3) is 5.25. The van der Waals surface area contributed by atoms with Crippen molar-refractivity contribution >= 4 is 60.2 Å². The van der Waals surface area contributed by atoms with Crippen molar-refractivity contribution in [1.29, 1.82) is 0 Å². The van der Waals surface area contributed by atoms with Crippen LogP contribution in [0.5, 0.6) is 0 Å². The molecule has 10 aromatic rings. The molecule has 0 aliphatic heterocycles. The summed E-state index contributed by atoms with van der Waals surface area (Å²) in [6.07, 6.45) is 0. The Hall–Kier alpha value is -6.96. The van der Waals surface area contributed by atoms with Gasteiger partial charge in [-0.25, -0.2) is 0 Å². The molecule has 1 nitrogen and oxygen atoms in total. The van der Waals surface area contributed by atoms with Gasteiger partial charge in [-0.2, -0.15) is 0 Å². The molecule has 0 atom stereocenters. The topological polar surface area (TPSA) is 3.24 Å². The largest absolute Gasteiger partial charge is 0.309 e. The van der Waals surface area contributed by atoms with Crippen molar-refractivity contribution in [3.63, 3.8) is 0 Å². The van der Waals surface area contributed by atoms with E-state index in [2.05, 4.69) is 217 Å². The minimum atomic E-state index is 1.10. The van der Waals surface area contributed by atoms with Crippen molar-refractivity contribution in [2.24, 2.45) is 0 Å². The van der Waals surface area contributed by atoms with Crippen molar-refractivity contribution in [1.82, 2.24) is 0 Å². The van der Waals surface area contributed by atoms with E-state index in [-0.39, 0.29) is 0 Å². The smallest absolute Gasteiger partial charge is 0.0546 e. The SMILES string of the molecule is c1ccc(-c2ccccc2N(c2ccc(-c3ccc4ccccc4c3-c3ccccc3)cc2)c2cccc3c4ccccc4c4ccccc4c23)cc1. The van der Waals surface area contributed by atoms with Gasteiger partial charge >= 0.3 is 0 Å². The molecule has 0 aromatic heterocycles. The lowest BCUT2D eigenvalue weighted by Gasteiger charge is -2.30. The zero-order valence-electron chi connectivity index (χ0n) is 29.2. The summed E-state index contributed by atoms with van der Waals surface area (Å²) >= 11 is 0. The predicted molar refractivity (Wildman–Crippen MR) is 227 cm³/mol. The molecule has 0 spiro atoms.